The fraction of sp³-hybridized carbons (Fsp3) is 0.571. The summed E-state index contributed by atoms with van der Waals surface area (Å²) in [6.07, 6.45) is 5.06. The number of para-hydroxylation sites is 1. The van der Waals surface area contributed by atoms with Crippen LogP contribution in [0.3, 0.4) is 0 Å². The van der Waals surface area contributed by atoms with E-state index in [1.807, 2.05) is 18.2 Å². The van der Waals surface area contributed by atoms with E-state index in [1.54, 1.807) is 11.6 Å². The fourth-order valence-electron chi connectivity index (χ4n) is 3.71. The van der Waals surface area contributed by atoms with Gasteiger partial charge in [0.25, 0.3) is 0 Å². The average molecular weight is 385 g/mol. The van der Waals surface area contributed by atoms with Crippen molar-refractivity contribution >= 4 is 22.5 Å². The molecule has 3 aromatic rings. The summed E-state index contributed by atoms with van der Waals surface area (Å²) in [7, 11) is 3.80. The van der Waals surface area contributed by atoms with Crippen LogP contribution in [0.15, 0.2) is 18.2 Å². The first kappa shape index (κ1) is 20.3. The highest BCUT2D eigenvalue weighted by atomic mass is 16.5. The van der Waals surface area contributed by atoms with E-state index in [-0.39, 0.29) is 5.41 Å². The van der Waals surface area contributed by atoms with Crippen LogP contribution in [0.25, 0.3) is 16.6 Å². The summed E-state index contributed by atoms with van der Waals surface area (Å²) in [5, 5.41) is 5.59. The zero-order valence-electron chi connectivity index (χ0n) is 17.7. The SMILES string of the molecule is CCCCCCN(C)CC(C)(C)c1nc2c3cccc(OC)c3nc(N)n2n1. The van der Waals surface area contributed by atoms with Gasteiger partial charge in [0.2, 0.25) is 5.95 Å². The molecule has 0 aliphatic heterocycles. The normalized spacial score (nSPS) is 12.4. The topological polar surface area (TPSA) is 81.6 Å². The maximum Gasteiger partial charge on any atom is 0.223 e. The van der Waals surface area contributed by atoms with Crippen LogP contribution < -0.4 is 10.5 Å². The third-order valence-corrected chi connectivity index (χ3v) is 5.17. The summed E-state index contributed by atoms with van der Waals surface area (Å²) < 4.78 is 7.07. The van der Waals surface area contributed by atoms with E-state index in [9.17, 15) is 0 Å². The van der Waals surface area contributed by atoms with Gasteiger partial charge in [-0.1, -0.05) is 46.1 Å². The number of likely N-dealkylation sites (N-methyl/N-ethyl adjacent to an activating group) is 1. The molecule has 0 bridgehead atoms. The molecular formula is C21H32N6O. The number of methoxy groups -OCH3 is 1. The second-order valence-electron chi connectivity index (χ2n) is 8.18. The summed E-state index contributed by atoms with van der Waals surface area (Å²) in [5.74, 6) is 1.77. The van der Waals surface area contributed by atoms with Gasteiger partial charge < -0.3 is 15.4 Å². The highest BCUT2D eigenvalue weighted by Gasteiger charge is 2.28. The van der Waals surface area contributed by atoms with Gasteiger partial charge in [-0.05, 0) is 32.1 Å². The fourth-order valence-corrected chi connectivity index (χ4v) is 3.71. The molecule has 0 aliphatic carbocycles. The standard InChI is InChI=1S/C21H32N6O/c1-6-7-8-9-13-26(4)14-21(2,3)19-24-18-15-11-10-12-16(28-5)17(15)23-20(22)27(18)25-19/h10-12H,6-9,13-14H2,1-5H3,(H2,22,23). The highest BCUT2D eigenvalue weighted by Crippen LogP contribution is 2.29. The van der Waals surface area contributed by atoms with Crippen molar-refractivity contribution in [3.63, 3.8) is 0 Å². The Morgan fingerprint density at radius 1 is 1.18 bits per heavy atom. The van der Waals surface area contributed by atoms with Crippen molar-refractivity contribution in [1.29, 1.82) is 0 Å². The van der Waals surface area contributed by atoms with Gasteiger partial charge >= 0.3 is 0 Å². The van der Waals surface area contributed by atoms with E-state index >= 15 is 0 Å². The Bertz CT molecular complexity index is 949. The molecule has 7 nitrogen and oxygen atoms in total. The third-order valence-electron chi connectivity index (χ3n) is 5.17. The predicted octanol–water partition coefficient (Wildman–Crippen LogP) is 3.66. The van der Waals surface area contributed by atoms with Crippen LogP contribution in [0.5, 0.6) is 5.75 Å². The first-order valence-electron chi connectivity index (χ1n) is 10.1. The molecule has 0 fully saturated rings. The van der Waals surface area contributed by atoms with E-state index < -0.39 is 0 Å². The minimum atomic E-state index is -0.205. The Hall–Kier alpha value is -2.41. The number of hydrogen-bond donors (Lipinski definition) is 1. The lowest BCUT2D eigenvalue weighted by Crippen LogP contribution is -2.36. The molecule has 2 heterocycles. The first-order valence-corrected chi connectivity index (χ1v) is 10.1. The Morgan fingerprint density at radius 2 is 1.96 bits per heavy atom. The van der Waals surface area contributed by atoms with Crippen LogP contribution in [0.4, 0.5) is 5.95 Å². The van der Waals surface area contributed by atoms with Crippen molar-refractivity contribution in [1.82, 2.24) is 24.5 Å². The summed E-state index contributed by atoms with van der Waals surface area (Å²) in [4.78, 5) is 11.7. The number of aromatic nitrogens is 4. The number of anilines is 1. The zero-order valence-corrected chi connectivity index (χ0v) is 17.7. The number of rotatable bonds is 9. The molecule has 0 amide bonds. The molecule has 2 aromatic heterocycles. The lowest BCUT2D eigenvalue weighted by Gasteiger charge is -2.27. The number of nitrogen functional groups attached to an aromatic ring is 1. The molecule has 3 rings (SSSR count). The molecule has 0 saturated carbocycles. The smallest absolute Gasteiger partial charge is 0.223 e. The quantitative estimate of drug-likeness (QED) is 0.567. The van der Waals surface area contributed by atoms with Gasteiger partial charge in [0, 0.05) is 17.3 Å². The second kappa shape index (κ2) is 8.31. The Morgan fingerprint density at radius 3 is 2.68 bits per heavy atom. The van der Waals surface area contributed by atoms with Gasteiger partial charge in [-0.25, -0.2) is 9.97 Å². The molecule has 0 spiro atoms. The molecule has 0 saturated heterocycles. The molecule has 0 unspecified atom stereocenters. The third kappa shape index (κ3) is 4.04. The summed E-state index contributed by atoms with van der Waals surface area (Å²) in [6.45, 7) is 8.56. The van der Waals surface area contributed by atoms with Crippen LogP contribution in [0, 0.1) is 0 Å². The van der Waals surface area contributed by atoms with Crippen LogP contribution in [-0.2, 0) is 5.41 Å². The maximum absolute atomic E-state index is 6.18. The molecule has 0 atom stereocenters. The number of fused-ring (bicyclic) bond motifs is 3. The Balaban J connectivity index is 1.90. The number of unbranched alkanes of at least 4 members (excludes halogenated alkanes) is 3. The number of nitrogens with zero attached hydrogens (tertiary/aromatic N) is 5. The molecule has 1 aromatic carbocycles. The van der Waals surface area contributed by atoms with Crippen molar-refractivity contribution in [2.75, 3.05) is 33.0 Å². The highest BCUT2D eigenvalue weighted by molar-refractivity contribution is 5.95. The molecule has 2 N–H and O–H groups in total. The minimum Gasteiger partial charge on any atom is -0.494 e. The lowest BCUT2D eigenvalue weighted by molar-refractivity contribution is 0.256. The van der Waals surface area contributed by atoms with E-state index in [1.165, 1.54) is 25.7 Å². The zero-order chi connectivity index (χ0) is 20.3. The average Bonchev–Trinajstić information content (AvgIpc) is 3.12. The van der Waals surface area contributed by atoms with Crippen molar-refractivity contribution in [3.05, 3.63) is 24.0 Å². The van der Waals surface area contributed by atoms with Crippen molar-refractivity contribution in [3.8, 4) is 5.75 Å². The van der Waals surface area contributed by atoms with Gasteiger partial charge in [0.15, 0.2) is 11.5 Å². The molecule has 0 aliphatic rings. The number of nitrogens with two attached hydrogens (primary N) is 1. The van der Waals surface area contributed by atoms with Crippen LogP contribution in [0.1, 0.15) is 52.3 Å². The minimum absolute atomic E-state index is 0.205. The van der Waals surface area contributed by atoms with Gasteiger partial charge in [-0.15, -0.1) is 5.10 Å². The summed E-state index contributed by atoms with van der Waals surface area (Å²) >= 11 is 0. The number of hydrogen-bond acceptors (Lipinski definition) is 6. The number of ether oxygens (including phenoxy) is 1. The molecule has 0 radical (unpaired) electrons. The van der Waals surface area contributed by atoms with Crippen LogP contribution in [-0.4, -0.2) is 51.7 Å². The van der Waals surface area contributed by atoms with Crippen molar-refractivity contribution in [2.24, 2.45) is 0 Å². The van der Waals surface area contributed by atoms with E-state index in [2.05, 4.69) is 37.7 Å². The Kier molecular flexibility index (Phi) is 6.03. The van der Waals surface area contributed by atoms with E-state index in [0.717, 1.165) is 29.9 Å². The lowest BCUT2D eigenvalue weighted by atomic mass is 9.92. The molecule has 7 heteroatoms. The van der Waals surface area contributed by atoms with Crippen LogP contribution in [0.2, 0.25) is 0 Å². The Labute approximate surface area is 166 Å². The van der Waals surface area contributed by atoms with E-state index in [4.69, 9.17) is 20.6 Å². The molecule has 152 valence electrons. The van der Waals surface area contributed by atoms with Crippen molar-refractivity contribution in [2.45, 2.75) is 51.9 Å². The summed E-state index contributed by atoms with van der Waals surface area (Å²) in [6, 6.07) is 5.79. The monoisotopic (exact) mass is 384 g/mol. The van der Waals surface area contributed by atoms with Gasteiger partial charge in [0.1, 0.15) is 11.3 Å². The van der Waals surface area contributed by atoms with Crippen molar-refractivity contribution < 1.29 is 4.74 Å². The predicted molar refractivity (Wildman–Crippen MR) is 114 cm³/mol. The first-order chi connectivity index (χ1) is 13.4. The van der Waals surface area contributed by atoms with Gasteiger partial charge in [-0.3, -0.25) is 0 Å². The molecule has 28 heavy (non-hydrogen) atoms. The van der Waals surface area contributed by atoms with E-state index in [0.29, 0.717) is 17.2 Å². The van der Waals surface area contributed by atoms with Crippen LogP contribution >= 0.6 is 0 Å². The molecular weight excluding hydrogens is 352 g/mol. The number of benzene rings is 1. The van der Waals surface area contributed by atoms with Gasteiger partial charge in [-0.2, -0.15) is 4.52 Å². The summed E-state index contributed by atoms with van der Waals surface area (Å²) in [5.41, 5.74) is 7.40. The largest absolute Gasteiger partial charge is 0.494 e. The second-order valence-corrected chi connectivity index (χ2v) is 8.18. The maximum atomic E-state index is 6.18. The van der Waals surface area contributed by atoms with Gasteiger partial charge in [0.05, 0.1) is 7.11 Å².